The molecule has 2 N–H and O–H groups in total. The van der Waals surface area contributed by atoms with Crippen LogP contribution >= 0.6 is 15.9 Å². The van der Waals surface area contributed by atoms with Gasteiger partial charge >= 0.3 is 5.97 Å². The van der Waals surface area contributed by atoms with Crippen molar-refractivity contribution in [3.05, 3.63) is 45.6 Å². The number of aromatic nitrogens is 2. The Morgan fingerprint density at radius 1 is 1.34 bits per heavy atom. The summed E-state index contributed by atoms with van der Waals surface area (Å²) in [4.78, 5) is 18.1. The van der Waals surface area contributed by atoms with Crippen LogP contribution in [0.25, 0.3) is 0 Å². The van der Waals surface area contributed by atoms with E-state index < -0.39 is 5.92 Å². The summed E-state index contributed by atoms with van der Waals surface area (Å²) in [6, 6.07) is 7.76. The van der Waals surface area contributed by atoms with Gasteiger partial charge in [0.05, 0.1) is 18.4 Å². The molecule has 1 saturated heterocycles. The van der Waals surface area contributed by atoms with Crippen molar-refractivity contribution in [3.63, 3.8) is 0 Å². The van der Waals surface area contributed by atoms with E-state index in [1.54, 1.807) is 12.3 Å². The smallest absolute Gasteiger partial charge is 0.315 e. The molecule has 2 aliphatic heterocycles. The van der Waals surface area contributed by atoms with Crippen LogP contribution < -0.4 is 5.32 Å². The van der Waals surface area contributed by atoms with Gasteiger partial charge in [0.25, 0.3) is 0 Å². The van der Waals surface area contributed by atoms with Gasteiger partial charge in [-0.2, -0.15) is 10.4 Å². The van der Waals surface area contributed by atoms with Gasteiger partial charge in [-0.05, 0) is 60.4 Å². The molecule has 150 valence electrons. The first-order chi connectivity index (χ1) is 14.2. The average Bonchev–Trinajstić information content (AvgIpc) is 3.22. The van der Waals surface area contributed by atoms with E-state index >= 15 is 0 Å². The molecule has 2 aliphatic rings. The van der Waals surface area contributed by atoms with Gasteiger partial charge in [0.1, 0.15) is 12.0 Å². The molecule has 0 aliphatic carbocycles. The number of aliphatic imine (C=N–C) groups is 1. The Kier molecular flexibility index (Phi) is 5.79. The highest BCUT2D eigenvalue weighted by Gasteiger charge is 2.44. The molecule has 2 atom stereocenters. The number of H-pyrrole nitrogens is 1. The van der Waals surface area contributed by atoms with Gasteiger partial charge in [-0.3, -0.25) is 9.89 Å². The molecule has 7 nitrogen and oxygen atoms in total. The Labute approximate surface area is 177 Å². The second kappa shape index (κ2) is 8.47. The molecular formula is C21H22BrN5O2. The Bertz CT molecular complexity index is 987. The minimum atomic E-state index is -0.548. The van der Waals surface area contributed by atoms with Crippen LogP contribution in [0.4, 0.5) is 5.82 Å². The number of hydrogen-bond donors (Lipinski definition) is 2. The zero-order valence-electron chi connectivity index (χ0n) is 16.1. The maximum atomic E-state index is 13.2. The van der Waals surface area contributed by atoms with Crippen molar-refractivity contribution in [3.8, 4) is 6.07 Å². The number of esters is 1. The number of carbonyl (C=O) groups is 1. The number of aromatic amines is 1. The first-order valence-electron chi connectivity index (χ1n) is 9.83. The molecule has 3 heterocycles. The number of halogens is 1. The van der Waals surface area contributed by atoms with Gasteiger partial charge in [-0.15, -0.1) is 0 Å². The molecule has 0 amide bonds. The number of hydrogen-bond acceptors (Lipinski definition) is 6. The standard InChI is InChI=1S/C21H22BrN5O2/c1-2-29-21(28)17-16(14-5-3-4-13(10-23)18(14)22)15-11-25-27-20(15)26-19(17)12-6-8-24-9-7-12/h3-5,11-12,16-17,24H,2,6-9H2,1H3,(H,25,27). The molecule has 0 saturated carbocycles. The molecule has 29 heavy (non-hydrogen) atoms. The molecule has 0 spiro atoms. The number of nitrogens with zero attached hydrogens (tertiary/aromatic N) is 3. The number of rotatable bonds is 4. The molecule has 1 aromatic carbocycles. The summed E-state index contributed by atoms with van der Waals surface area (Å²) in [6.45, 7) is 3.91. The molecule has 0 bridgehead atoms. The summed E-state index contributed by atoms with van der Waals surface area (Å²) in [7, 11) is 0. The molecule has 0 radical (unpaired) electrons. The zero-order chi connectivity index (χ0) is 20.4. The van der Waals surface area contributed by atoms with Gasteiger partial charge in [0.2, 0.25) is 0 Å². The quantitative estimate of drug-likeness (QED) is 0.687. The van der Waals surface area contributed by atoms with Gasteiger partial charge in [-0.1, -0.05) is 12.1 Å². The van der Waals surface area contributed by atoms with Crippen LogP contribution in [0.3, 0.4) is 0 Å². The maximum Gasteiger partial charge on any atom is 0.315 e. The molecule has 2 unspecified atom stereocenters. The highest BCUT2D eigenvalue weighted by Crippen LogP contribution is 2.46. The minimum Gasteiger partial charge on any atom is -0.465 e. The van der Waals surface area contributed by atoms with Gasteiger partial charge < -0.3 is 10.1 Å². The lowest BCUT2D eigenvalue weighted by Crippen LogP contribution is -2.42. The van der Waals surface area contributed by atoms with Crippen molar-refractivity contribution in [2.45, 2.75) is 25.7 Å². The van der Waals surface area contributed by atoms with Crippen molar-refractivity contribution in [2.24, 2.45) is 16.8 Å². The lowest BCUT2D eigenvalue weighted by atomic mass is 9.72. The fraction of sp³-hybridized carbons (Fsp3) is 0.429. The Morgan fingerprint density at radius 2 is 2.14 bits per heavy atom. The van der Waals surface area contributed by atoms with Crippen molar-refractivity contribution in [2.75, 3.05) is 19.7 Å². The topological polar surface area (TPSA) is 103 Å². The minimum absolute atomic E-state index is 0.197. The molecule has 1 aromatic heterocycles. The molecule has 4 rings (SSSR count). The van der Waals surface area contributed by atoms with Gasteiger partial charge in [-0.25, -0.2) is 4.99 Å². The van der Waals surface area contributed by atoms with Crippen LogP contribution in [0.5, 0.6) is 0 Å². The number of carbonyl (C=O) groups excluding carboxylic acids is 1. The van der Waals surface area contributed by atoms with Crippen molar-refractivity contribution in [1.29, 1.82) is 5.26 Å². The summed E-state index contributed by atoms with van der Waals surface area (Å²) >= 11 is 3.59. The number of fused-ring (bicyclic) bond motifs is 1. The van der Waals surface area contributed by atoms with Crippen molar-refractivity contribution in [1.82, 2.24) is 15.5 Å². The Balaban J connectivity index is 1.89. The van der Waals surface area contributed by atoms with E-state index in [0.29, 0.717) is 22.5 Å². The summed E-state index contributed by atoms with van der Waals surface area (Å²) in [5, 5.41) is 20.0. The second-order valence-corrected chi connectivity index (χ2v) is 8.06. The first kappa shape index (κ1) is 19.8. The fourth-order valence-electron chi connectivity index (χ4n) is 4.33. The summed E-state index contributed by atoms with van der Waals surface area (Å²) in [5.74, 6) is -0.280. The van der Waals surface area contributed by atoms with Crippen LogP contribution in [0, 0.1) is 23.2 Å². The van der Waals surface area contributed by atoms with Crippen molar-refractivity contribution < 1.29 is 9.53 Å². The van der Waals surface area contributed by atoms with Crippen LogP contribution in [0.15, 0.2) is 33.9 Å². The van der Waals surface area contributed by atoms with Gasteiger partial charge in [0, 0.05) is 27.6 Å². The number of ether oxygens (including phenoxy) is 1. The van der Waals surface area contributed by atoms with E-state index in [-0.39, 0.29) is 17.8 Å². The lowest BCUT2D eigenvalue weighted by Gasteiger charge is -2.35. The van der Waals surface area contributed by atoms with Crippen LogP contribution in [0.1, 0.15) is 42.4 Å². The number of benzene rings is 1. The number of nitrogens with one attached hydrogen (secondary N) is 2. The maximum absolute atomic E-state index is 13.2. The van der Waals surface area contributed by atoms with E-state index in [4.69, 9.17) is 9.73 Å². The Morgan fingerprint density at radius 3 is 2.86 bits per heavy atom. The van der Waals surface area contributed by atoms with Gasteiger partial charge in [0.15, 0.2) is 5.82 Å². The van der Waals surface area contributed by atoms with Crippen LogP contribution in [0.2, 0.25) is 0 Å². The largest absolute Gasteiger partial charge is 0.465 e. The van der Waals surface area contributed by atoms with E-state index in [2.05, 4.69) is 37.5 Å². The molecule has 8 heteroatoms. The number of nitriles is 1. The molecular weight excluding hydrogens is 434 g/mol. The summed E-state index contributed by atoms with van der Waals surface area (Å²) in [6.07, 6.45) is 3.56. The first-order valence-corrected chi connectivity index (χ1v) is 10.6. The Hall–Kier alpha value is -2.50. The molecule has 1 fully saturated rings. The lowest BCUT2D eigenvalue weighted by molar-refractivity contribution is -0.146. The highest BCUT2D eigenvalue weighted by molar-refractivity contribution is 9.10. The third-order valence-electron chi connectivity index (χ3n) is 5.66. The third kappa shape index (κ3) is 3.61. The SMILES string of the molecule is CCOC(=O)C1C(C2CCNCC2)=Nc2[nH]ncc2C1c1cccc(C#N)c1Br. The number of piperidine rings is 1. The summed E-state index contributed by atoms with van der Waals surface area (Å²) in [5.41, 5.74) is 3.09. The van der Waals surface area contributed by atoms with E-state index in [9.17, 15) is 10.1 Å². The fourth-order valence-corrected chi connectivity index (χ4v) is 4.93. The zero-order valence-corrected chi connectivity index (χ0v) is 17.7. The predicted molar refractivity (Wildman–Crippen MR) is 112 cm³/mol. The average molecular weight is 456 g/mol. The molecule has 2 aromatic rings. The van der Waals surface area contributed by atoms with E-state index in [1.807, 2.05) is 19.1 Å². The normalized spacial score (nSPS) is 21.8. The van der Waals surface area contributed by atoms with Crippen LogP contribution in [-0.4, -0.2) is 41.6 Å². The summed E-state index contributed by atoms with van der Waals surface area (Å²) < 4.78 is 6.19. The predicted octanol–water partition coefficient (Wildman–Crippen LogP) is 3.44. The van der Waals surface area contributed by atoms with Crippen molar-refractivity contribution >= 4 is 33.4 Å². The van der Waals surface area contributed by atoms with Crippen LogP contribution in [-0.2, 0) is 9.53 Å². The highest BCUT2D eigenvalue weighted by atomic mass is 79.9. The third-order valence-corrected chi connectivity index (χ3v) is 6.54. The van der Waals surface area contributed by atoms with E-state index in [0.717, 1.165) is 42.8 Å². The monoisotopic (exact) mass is 455 g/mol. The van der Waals surface area contributed by atoms with E-state index in [1.165, 1.54) is 0 Å². The second-order valence-electron chi connectivity index (χ2n) is 7.26.